The molecular weight excluding hydrogens is 332 g/mol. The van der Waals surface area contributed by atoms with E-state index >= 15 is 0 Å². The Morgan fingerprint density at radius 2 is 2.04 bits per heavy atom. The van der Waals surface area contributed by atoms with Crippen molar-refractivity contribution in [1.29, 1.82) is 0 Å². The molecule has 0 radical (unpaired) electrons. The summed E-state index contributed by atoms with van der Waals surface area (Å²) in [5.74, 6) is 2.00. The summed E-state index contributed by atoms with van der Waals surface area (Å²) >= 11 is 0. The third-order valence-corrected chi connectivity index (χ3v) is 5.18. The van der Waals surface area contributed by atoms with Crippen LogP contribution in [0.2, 0.25) is 0 Å². The number of nitrogens with one attached hydrogen (secondary N) is 1. The largest absolute Gasteiger partial charge is 0.493 e. The first-order chi connectivity index (χ1) is 12.6. The summed E-state index contributed by atoms with van der Waals surface area (Å²) in [5.41, 5.74) is 2.84. The van der Waals surface area contributed by atoms with Crippen LogP contribution in [0.1, 0.15) is 36.0 Å². The summed E-state index contributed by atoms with van der Waals surface area (Å²) in [6.07, 6.45) is 4.60. The minimum atomic E-state index is -0.101. The van der Waals surface area contributed by atoms with Gasteiger partial charge in [0.1, 0.15) is 5.82 Å². The van der Waals surface area contributed by atoms with E-state index in [9.17, 15) is 4.79 Å². The highest BCUT2D eigenvalue weighted by Gasteiger charge is 2.43. The molecule has 2 atom stereocenters. The number of aromatic nitrogens is 2. The van der Waals surface area contributed by atoms with E-state index in [0.717, 1.165) is 36.3 Å². The molecule has 1 aromatic carbocycles. The van der Waals surface area contributed by atoms with Gasteiger partial charge in [-0.3, -0.25) is 0 Å². The number of fused-ring (bicyclic) bond motifs is 4. The van der Waals surface area contributed by atoms with Gasteiger partial charge in [0.05, 0.1) is 26.0 Å². The maximum absolute atomic E-state index is 13.0. The molecule has 26 heavy (non-hydrogen) atoms. The smallest absolute Gasteiger partial charge is 0.322 e. The van der Waals surface area contributed by atoms with E-state index in [1.165, 1.54) is 0 Å². The number of nitrogens with zero attached hydrogens (tertiary/aromatic N) is 3. The quantitative estimate of drug-likeness (QED) is 0.916. The van der Waals surface area contributed by atoms with Crippen molar-refractivity contribution in [3.63, 3.8) is 0 Å². The number of methoxy groups -OCH3 is 2. The third-order valence-electron chi connectivity index (χ3n) is 5.18. The van der Waals surface area contributed by atoms with E-state index in [-0.39, 0.29) is 18.1 Å². The van der Waals surface area contributed by atoms with Gasteiger partial charge in [-0.05, 0) is 31.9 Å². The van der Waals surface area contributed by atoms with Crippen LogP contribution in [-0.2, 0) is 6.42 Å². The third kappa shape index (κ3) is 2.73. The molecule has 2 amide bonds. The number of carbonyl (C=O) groups is 1. The Morgan fingerprint density at radius 1 is 1.23 bits per heavy atom. The van der Waals surface area contributed by atoms with Gasteiger partial charge in [0.2, 0.25) is 0 Å². The molecule has 0 spiro atoms. The second kappa shape index (κ2) is 6.48. The van der Waals surface area contributed by atoms with Gasteiger partial charge in [-0.25, -0.2) is 14.8 Å². The number of carbonyl (C=O) groups excluding carboxylic acids is 1. The van der Waals surface area contributed by atoms with Crippen LogP contribution in [0.4, 0.5) is 10.5 Å². The van der Waals surface area contributed by atoms with Crippen LogP contribution in [0.3, 0.4) is 0 Å². The van der Waals surface area contributed by atoms with Gasteiger partial charge in [-0.15, -0.1) is 0 Å². The first kappa shape index (κ1) is 16.6. The van der Waals surface area contributed by atoms with Gasteiger partial charge in [-0.2, -0.15) is 0 Å². The van der Waals surface area contributed by atoms with E-state index in [2.05, 4.69) is 15.3 Å². The van der Waals surface area contributed by atoms with Crippen molar-refractivity contribution in [3.8, 4) is 11.5 Å². The minimum Gasteiger partial charge on any atom is -0.493 e. The highest BCUT2D eigenvalue weighted by molar-refractivity contribution is 5.90. The summed E-state index contributed by atoms with van der Waals surface area (Å²) in [4.78, 5) is 23.8. The van der Waals surface area contributed by atoms with E-state index in [4.69, 9.17) is 9.47 Å². The van der Waals surface area contributed by atoms with Crippen molar-refractivity contribution in [2.24, 2.45) is 0 Å². The van der Waals surface area contributed by atoms with Crippen molar-refractivity contribution in [3.05, 3.63) is 41.5 Å². The number of anilines is 1. The number of urea groups is 1. The molecule has 0 aliphatic carbocycles. The van der Waals surface area contributed by atoms with Crippen LogP contribution in [0, 0.1) is 6.92 Å². The number of hydrogen-bond acceptors (Lipinski definition) is 5. The molecule has 2 aliphatic heterocycles. The highest BCUT2D eigenvalue weighted by Crippen LogP contribution is 2.43. The first-order valence-electron chi connectivity index (χ1n) is 8.74. The molecule has 7 nitrogen and oxygen atoms in total. The average molecular weight is 354 g/mol. The van der Waals surface area contributed by atoms with Gasteiger partial charge in [0.15, 0.2) is 11.5 Å². The molecule has 1 aromatic heterocycles. The molecule has 1 fully saturated rings. The van der Waals surface area contributed by atoms with Gasteiger partial charge in [0.25, 0.3) is 0 Å². The maximum atomic E-state index is 13.0. The molecular formula is C19H22N4O3. The molecule has 1 N–H and O–H groups in total. The van der Waals surface area contributed by atoms with Gasteiger partial charge in [-0.1, -0.05) is 0 Å². The number of hydrogen-bond donors (Lipinski definition) is 1. The summed E-state index contributed by atoms with van der Waals surface area (Å²) in [7, 11) is 3.16. The van der Waals surface area contributed by atoms with Crippen LogP contribution in [-0.4, -0.2) is 41.2 Å². The van der Waals surface area contributed by atoms with Gasteiger partial charge in [0, 0.05) is 36.0 Å². The lowest BCUT2D eigenvalue weighted by atomic mass is 9.99. The Hall–Kier alpha value is -2.83. The van der Waals surface area contributed by atoms with Crippen molar-refractivity contribution in [2.75, 3.05) is 19.5 Å². The van der Waals surface area contributed by atoms with Crippen LogP contribution in [0.15, 0.2) is 24.4 Å². The number of amides is 2. The maximum Gasteiger partial charge on any atom is 0.322 e. The van der Waals surface area contributed by atoms with Crippen LogP contribution in [0.5, 0.6) is 11.5 Å². The topological polar surface area (TPSA) is 76.6 Å². The van der Waals surface area contributed by atoms with Crippen LogP contribution in [0.25, 0.3) is 0 Å². The molecule has 2 aliphatic rings. The molecule has 4 rings (SSSR count). The molecule has 1 saturated heterocycles. The number of ether oxygens (including phenoxy) is 2. The fourth-order valence-corrected chi connectivity index (χ4v) is 3.99. The molecule has 0 saturated carbocycles. The van der Waals surface area contributed by atoms with Gasteiger partial charge >= 0.3 is 6.03 Å². The normalized spacial score (nSPS) is 20.5. The Morgan fingerprint density at radius 3 is 2.81 bits per heavy atom. The van der Waals surface area contributed by atoms with Crippen molar-refractivity contribution in [2.45, 2.75) is 38.3 Å². The van der Waals surface area contributed by atoms with Crippen LogP contribution < -0.4 is 14.8 Å². The lowest BCUT2D eigenvalue weighted by Crippen LogP contribution is -2.44. The SMILES string of the molecule is COc1ccc(NC(=O)N2C3CCC2c2cnc(C)nc2C3)cc1OC. The Kier molecular flexibility index (Phi) is 4.14. The van der Waals surface area contributed by atoms with Crippen LogP contribution >= 0.6 is 0 Å². The second-order valence-corrected chi connectivity index (χ2v) is 6.68. The highest BCUT2D eigenvalue weighted by atomic mass is 16.5. The predicted molar refractivity (Wildman–Crippen MR) is 96.6 cm³/mol. The van der Waals surface area contributed by atoms with E-state index < -0.39 is 0 Å². The lowest BCUT2D eigenvalue weighted by Gasteiger charge is -2.35. The second-order valence-electron chi connectivity index (χ2n) is 6.68. The fourth-order valence-electron chi connectivity index (χ4n) is 3.99. The van der Waals surface area contributed by atoms with E-state index in [1.54, 1.807) is 26.4 Å². The van der Waals surface area contributed by atoms with Crippen molar-refractivity contribution in [1.82, 2.24) is 14.9 Å². The number of benzene rings is 1. The summed E-state index contributed by atoms with van der Waals surface area (Å²) in [6, 6.07) is 5.49. The lowest BCUT2D eigenvalue weighted by molar-refractivity contribution is 0.178. The van der Waals surface area contributed by atoms with Crippen molar-refractivity contribution >= 4 is 11.7 Å². The molecule has 2 unspecified atom stereocenters. The summed E-state index contributed by atoms with van der Waals surface area (Å²) in [6.45, 7) is 1.90. The average Bonchev–Trinajstić information content (AvgIpc) is 2.96. The molecule has 2 aromatic rings. The zero-order valence-electron chi connectivity index (χ0n) is 15.2. The number of aryl methyl sites for hydroxylation is 1. The first-order valence-corrected chi connectivity index (χ1v) is 8.74. The Balaban J connectivity index is 1.57. The standard InChI is InChI=1S/C19H22N4O3/c1-11-20-10-14-15(21-11)9-13-5-6-16(14)23(13)19(24)22-12-4-7-17(25-2)18(8-12)26-3/h4,7-8,10,13,16H,5-6,9H2,1-3H3,(H,22,24). The van der Waals surface area contributed by atoms with Crippen molar-refractivity contribution < 1.29 is 14.3 Å². The minimum absolute atomic E-state index is 0.0458. The summed E-state index contributed by atoms with van der Waals surface area (Å²) in [5, 5.41) is 2.99. The predicted octanol–water partition coefficient (Wildman–Crippen LogP) is 3.10. The zero-order chi connectivity index (χ0) is 18.3. The fraction of sp³-hybridized carbons (Fsp3) is 0.421. The van der Waals surface area contributed by atoms with E-state index in [1.807, 2.05) is 24.1 Å². The Labute approximate surface area is 152 Å². The monoisotopic (exact) mass is 354 g/mol. The van der Waals surface area contributed by atoms with Gasteiger partial charge < -0.3 is 19.7 Å². The Bertz CT molecular complexity index is 855. The molecule has 136 valence electrons. The van der Waals surface area contributed by atoms with E-state index in [0.29, 0.717) is 17.2 Å². The molecule has 7 heteroatoms. The molecule has 3 heterocycles. The number of rotatable bonds is 3. The molecule has 2 bridgehead atoms. The summed E-state index contributed by atoms with van der Waals surface area (Å²) < 4.78 is 10.6. The zero-order valence-corrected chi connectivity index (χ0v) is 15.2.